The lowest BCUT2D eigenvalue weighted by Gasteiger charge is -2.24. The van der Waals surface area contributed by atoms with E-state index in [4.69, 9.17) is 14.6 Å². The molecule has 0 atom stereocenters. The number of amides is 1. The zero-order valence-electron chi connectivity index (χ0n) is 12.7. The highest BCUT2D eigenvalue weighted by Gasteiger charge is 2.23. The van der Waals surface area contributed by atoms with Crippen LogP contribution in [0.3, 0.4) is 0 Å². The van der Waals surface area contributed by atoms with Crippen molar-refractivity contribution in [3.63, 3.8) is 0 Å². The molecule has 0 saturated heterocycles. The molecule has 0 saturated carbocycles. The summed E-state index contributed by atoms with van der Waals surface area (Å²) in [5, 5.41) is 11.5. The van der Waals surface area contributed by atoms with E-state index in [1.54, 1.807) is 39.2 Å². The van der Waals surface area contributed by atoms with E-state index < -0.39 is 11.5 Å². The van der Waals surface area contributed by atoms with Crippen LogP contribution in [-0.2, 0) is 16.0 Å². The molecule has 1 rings (SSSR count). The van der Waals surface area contributed by atoms with Crippen molar-refractivity contribution in [3.8, 4) is 11.5 Å². The summed E-state index contributed by atoms with van der Waals surface area (Å²) >= 11 is 0. The number of benzene rings is 1. The van der Waals surface area contributed by atoms with E-state index in [0.717, 1.165) is 5.56 Å². The summed E-state index contributed by atoms with van der Waals surface area (Å²) in [5.41, 5.74) is -0.0317. The topological polar surface area (TPSA) is 84.9 Å². The van der Waals surface area contributed by atoms with Gasteiger partial charge >= 0.3 is 5.97 Å². The van der Waals surface area contributed by atoms with Crippen LogP contribution in [-0.4, -0.2) is 36.7 Å². The minimum Gasteiger partial charge on any atom is -0.493 e. The number of methoxy groups -OCH3 is 2. The molecule has 21 heavy (non-hydrogen) atoms. The van der Waals surface area contributed by atoms with Crippen molar-refractivity contribution in [2.24, 2.45) is 0 Å². The van der Waals surface area contributed by atoms with E-state index in [1.165, 1.54) is 7.11 Å². The summed E-state index contributed by atoms with van der Waals surface area (Å²) in [6.45, 7) is 3.35. The Hall–Kier alpha value is -2.24. The Labute approximate surface area is 124 Å². The Bertz CT molecular complexity index is 525. The van der Waals surface area contributed by atoms with E-state index in [0.29, 0.717) is 11.5 Å². The van der Waals surface area contributed by atoms with E-state index in [-0.39, 0.29) is 18.7 Å². The molecule has 0 bridgehead atoms. The highest BCUT2D eigenvalue weighted by atomic mass is 16.5. The van der Waals surface area contributed by atoms with Gasteiger partial charge in [-0.3, -0.25) is 9.59 Å². The monoisotopic (exact) mass is 295 g/mol. The van der Waals surface area contributed by atoms with Crippen LogP contribution in [0.5, 0.6) is 11.5 Å². The second-order valence-electron chi connectivity index (χ2n) is 5.37. The fourth-order valence-electron chi connectivity index (χ4n) is 2.02. The first kappa shape index (κ1) is 16.8. The molecular weight excluding hydrogens is 274 g/mol. The van der Waals surface area contributed by atoms with Crippen LogP contribution in [0.2, 0.25) is 0 Å². The zero-order valence-corrected chi connectivity index (χ0v) is 12.7. The van der Waals surface area contributed by atoms with Crippen LogP contribution in [0, 0.1) is 0 Å². The highest BCUT2D eigenvalue weighted by molar-refractivity contribution is 5.80. The Morgan fingerprint density at radius 2 is 1.81 bits per heavy atom. The van der Waals surface area contributed by atoms with Crippen LogP contribution in [0.15, 0.2) is 18.2 Å². The van der Waals surface area contributed by atoms with Crippen LogP contribution in [0.1, 0.15) is 25.8 Å². The SMILES string of the molecule is COc1ccc(CC(=O)NC(C)(C)CC(=O)O)cc1OC. The summed E-state index contributed by atoms with van der Waals surface area (Å²) in [6, 6.07) is 5.22. The van der Waals surface area contributed by atoms with Crippen LogP contribution < -0.4 is 14.8 Å². The molecule has 0 unspecified atom stereocenters. The van der Waals surface area contributed by atoms with Crippen LogP contribution in [0.25, 0.3) is 0 Å². The third kappa shape index (κ3) is 5.33. The highest BCUT2D eigenvalue weighted by Crippen LogP contribution is 2.27. The Balaban J connectivity index is 2.73. The average Bonchev–Trinajstić information content (AvgIpc) is 2.35. The third-order valence-electron chi connectivity index (χ3n) is 2.88. The first-order chi connectivity index (χ1) is 9.77. The van der Waals surface area contributed by atoms with Gasteiger partial charge in [-0.05, 0) is 31.5 Å². The maximum atomic E-state index is 12.0. The molecular formula is C15H21NO5. The number of hydrogen-bond donors (Lipinski definition) is 2. The second-order valence-corrected chi connectivity index (χ2v) is 5.37. The summed E-state index contributed by atoms with van der Waals surface area (Å²) in [5.74, 6) is -0.0552. The molecule has 6 nitrogen and oxygen atoms in total. The fourth-order valence-corrected chi connectivity index (χ4v) is 2.02. The van der Waals surface area contributed by atoms with Gasteiger partial charge in [-0.15, -0.1) is 0 Å². The number of carboxylic acid groups (broad SMARTS) is 1. The molecule has 6 heteroatoms. The Morgan fingerprint density at radius 3 is 2.33 bits per heavy atom. The summed E-state index contributed by atoms with van der Waals surface area (Å²) in [4.78, 5) is 22.7. The van der Waals surface area contributed by atoms with Gasteiger partial charge in [-0.1, -0.05) is 6.07 Å². The average molecular weight is 295 g/mol. The first-order valence-corrected chi connectivity index (χ1v) is 6.51. The standard InChI is InChI=1S/C15H21NO5/c1-15(2,9-14(18)19)16-13(17)8-10-5-6-11(20-3)12(7-10)21-4/h5-7H,8-9H2,1-4H3,(H,16,17)(H,18,19). The predicted molar refractivity (Wildman–Crippen MR) is 77.7 cm³/mol. The number of hydrogen-bond acceptors (Lipinski definition) is 4. The quantitative estimate of drug-likeness (QED) is 0.798. The maximum Gasteiger partial charge on any atom is 0.305 e. The van der Waals surface area contributed by atoms with Gasteiger partial charge < -0.3 is 19.9 Å². The number of rotatable bonds is 7. The van der Waals surface area contributed by atoms with Crippen LogP contribution in [0.4, 0.5) is 0 Å². The number of carbonyl (C=O) groups excluding carboxylic acids is 1. The van der Waals surface area contributed by atoms with Gasteiger partial charge in [0.2, 0.25) is 5.91 Å². The molecule has 0 aliphatic rings. The molecule has 0 heterocycles. The van der Waals surface area contributed by atoms with Crippen molar-refractivity contribution >= 4 is 11.9 Å². The van der Waals surface area contributed by atoms with Gasteiger partial charge in [0, 0.05) is 5.54 Å². The predicted octanol–water partition coefficient (Wildman–Crippen LogP) is 1.62. The summed E-state index contributed by atoms with van der Waals surface area (Å²) in [7, 11) is 3.07. The van der Waals surface area contributed by atoms with E-state index in [2.05, 4.69) is 5.32 Å². The molecule has 1 aromatic carbocycles. The number of carbonyl (C=O) groups is 2. The zero-order chi connectivity index (χ0) is 16.0. The molecule has 0 aromatic heterocycles. The van der Waals surface area contributed by atoms with Gasteiger partial charge in [0.1, 0.15) is 0 Å². The van der Waals surface area contributed by atoms with E-state index in [1.807, 2.05) is 0 Å². The van der Waals surface area contributed by atoms with Crippen molar-refractivity contribution in [1.29, 1.82) is 0 Å². The second kappa shape index (κ2) is 6.97. The van der Waals surface area contributed by atoms with Crippen LogP contribution >= 0.6 is 0 Å². The minimum absolute atomic E-state index is 0.134. The first-order valence-electron chi connectivity index (χ1n) is 6.51. The summed E-state index contributed by atoms with van der Waals surface area (Å²) < 4.78 is 10.3. The lowest BCUT2D eigenvalue weighted by atomic mass is 10.00. The summed E-state index contributed by atoms with van der Waals surface area (Å²) in [6.07, 6.45) is 0.00801. The lowest BCUT2D eigenvalue weighted by Crippen LogP contribution is -2.45. The van der Waals surface area contributed by atoms with Crippen molar-refractivity contribution < 1.29 is 24.2 Å². The Morgan fingerprint density at radius 1 is 1.19 bits per heavy atom. The number of ether oxygens (including phenoxy) is 2. The number of nitrogens with one attached hydrogen (secondary N) is 1. The third-order valence-corrected chi connectivity index (χ3v) is 2.88. The molecule has 0 aliphatic carbocycles. The molecule has 0 radical (unpaired) electrons. The van der Waals surface area contributed by atoms with E-state index >= 15 is 0 Å². The molecule has 1 amide bonds. The molecule has 1 aromatic rings. The van der Waals surface area contributed by atoms with E-state index in [9.17, 15) is 9.59 Å². The number of aliphatic carboxylic acids is 1. The number of carboxylic acids is 1. The maximum absolute atomic E-state index is 12.0. The van der Waals surface area contributed by atoms with Gasteiger partial charge in [-0.25, -0.2) is 0 Å². The van der Waals surface area contributed by atoms with Gasteiger partial charge in [-0.2, -0.15) is 0 Å². The lowest BCUT2D eigenvalue weighted by molar-refractivity contribution is -0.138. The van der Waals surface area contributed by atoms with Gasteiger partial charge in [0.15, 0.2) is 11.5 Å². The molecule has 116 valence electrons. The normalized spacial score (nSPS) is 10.9. The van der Waals surface area contributed by atoms with Crippen molar-refractivity contribution in [1.82, 2.24) is 5.32 Å². The smallest absolute Gasteiger partial charge is 0.305 e. The largest absolute Gasteiger partial charge is 0.493 e. The molecule has 2 N–H and O–H groups in total. The molecule has 0 fully saturated rings. The Kier molecular flexibility index (Phi) is 5.58. The van der Waals surface area contributed by atoms with Crippen molar-refractivity contribution in [3.05, 3.63) is 23.8 Å². The van der Waals surface area contributed by atoms with Crippen molar-refractivity contribution in [2.45, 2.75) is 32.2 Å². The van der Waals surface area contributed by atoms with Gasteiger partial charge in [0.05, 0.1) is 27.1 Å². The molecule has 0 aliphatic heterocycles. The van der Waals surface area contributed by atoms with Crippen molar-refractivity contribution in [2.75, 3.05) is 14.2 Å². The van der Waals surface area contributed by atoms with Gasteiger partial charge in [0.25, 0.3) is 0 Å². The minimum atomic E-state index is -0.952. The fraction of sp³-hybridized carbons (Fsp3) is 0.467. The molecule has 0 spiro atoms.